The normalized spacial score (nSPS) is 17.6. The first-order valence-electron chi connectivity index (χ1n) is 11.8. The van der Waals surface area contributed by atoms with E-state index in [0.717, 1.165) is 6.07 Å². The Balaban J connectivity index is 1.71. The maximum absolute atomic E-state index is 14.4. The molecule has 4 rings (SSSR count). The van der Waals surface area contributed by atoms with Crippen molar-refractivity contribution in [1.29, 1.82) is 0 Å². The predicted octanol–water partition coefficient (Wildman–Crippen LogP) is 5.37. The first kappa shape index (κ1) is 30.6. The number of halogens is 10. The maximum Gasteiger partial charge on any atom is 0.435 e. The summed E-state index contributed by atoms with van der Waals surface area (Å²) in [6.45, 7) is -1.61. The lowest BCUT2D eigenvalue weighted by Crippen LogP contribution is -2.43. The van der Waals surface area contributed by atoms with Crippen LogP contribution in [-0.2, 0) is 27.6 Å². The summed E-state index contributed by atoms with van der Waals surface area (Å²) in [5.41, 5.74) is -9.62. The Kier molecular flexibility index (Phi) is 7.90. The molecule has 0 aliphatic carbocycles. The van der Waals surface area contributed by atoms with Gasteiger partial charge in [0.2, 0.25) is 5.91 Å². The van der Waals surface area contributed by atoms with Gasteiger partial charge in [-0.3, -0.25) is 9.59 Å². The molecule has 3 heterocycles. The third-order valence-corrected chi connectivity index (χ3v) is 6.30. The molecule has 1 unspecified atom stereocenters. The predicted molar refractivity (Wildman–Crippen MR) is 125 cm³/mol. The van der Waals surface area contributed by atoms with Crippen molar-refractivity contribution in [3.05, 3.63) is 76.6 Å². The summed E-state index contributed by atoms with van der Waals surface area (Å²) in [6.07, 6.45) is -16.3. The Morgan fingerprint density at radius 3 is 2.14 bits per heavy atom. The van der Waals surface area contributed by atoms with Crippen LogP contribution in [0.3, 0.4) is 0 Å². The van der Waals surface area contributed by atoms with Crippen molar-refractivity contribution in [2.24, 2.45) is 5.16 Å². The number of fused-ring (bicyclic) bond motifs is 1. The number of hydrogen-bond acceptors (Lipinski definition) is 4. The largest absolute Gasteiger partial charge is 0.435 e. The molecule has 17 heteroatoms. The highest BCUT2D eigenvalue weighted by molar-refractivity contribution is 6.05. The Morgan fingerprint density at radius 1 is 0.929 bits per heavy atom. The standard InChI is InChI=1S/C25H18F10N4O3/c26-5-6-36-20(40)12-37-21(41)16-3-4-19(39-7-1-2-18(16)39)17-11-22(42-38-17,25(33,34)35)13-8-14(23(27,28)29)10-15(9-13)24(30,31)32/h1-4,7-10H,5-6,11-12H2,(H,36,40)(H,37,41). The molecule has 1 aromatic carbocycles. The van der Waals surface area contributed by atoms with Crippen molar-refractivity contribution in [2.75, 3.05) is 19.8 Å². The SMILES string of the molecule is O=C(CNC(=O)c1ccc(C2=NOC(c3cc(C(F)(F)F)cc(C(F)(F)F)c3)(C(F)(F)F)C2)n2cccc12)NCCF. The number of aromatic nitrogens is 1. The Labute approximate surface area is 229 Å². The monoisotopic (exact) mass is 612 g/mol. The van der Waals surface area contributed by atoms with Gasteiger partial charge < -0.3 is 19.9 Å². The minimum Gasteiger partial charge on any atom is -0.374 e. The highest BCUT2D eigenvalue weighted by Gasteiger charge is 2.63. The van der Waals surface area contributed by atoms with Crippen molar-refractivity contribution in [3.8, 4) is 0 Å². The van der Waals surface area contributed by atoms with Gasteiger partial charge in [-0.05, 0) is 42.5 Å². The number of amides is 2. The number of rotatable bonds is 7. The lowest BCUT2D eigenvalue weighted by atomic mass is 9.85. The fourth-order valence-electron chi connectivity index (χ4n) is 4.30. The maximum atomic E-state index is 14.4. The van der Waals surface area contributed by atoms with Crippen molar-refractivity contribution in [1.82, 2.24) is 15.0 Å². The molecule has 0 saturated heterocycles. The summed E-state index contributed by atoms with van der Waals surface area (Å²) in [7, 11) is 0. The van der Waals surface area contributed by atoms with Crippen molar-refractivity contribution >= 4 is 23.0 Å². The van der Waals surface area contributed by atoms with Crippen LogP contribution in [0, 0.1) is 0 Å². The van der Waals surface area contributed by atoms with Gasteiger partial charge in [0.15, 0.2) is 0 Å². The van der Waals surface area contributed by atoms with Crippen LogP contribution in [0.1, 0.15) is 39.2 Å². The molecule has 1 atom stereocenters. The van der Waals surface area contributed by atoms with Gasteiger partial charge in [0.05, 0.1) is 40.9 Å². The van der Waals surface area contributed by atoms with E-state index in [-0.39, 0.29) is 41.5 Å². The molecule has 1 aliphatic heterocycles. The summed E-state index contributed by atoms with van der Waals surface area (Å²) in [5.74, 6) is -1.47. The van der Waals surface area contributed by atoms with Gasteiger partial charge >= 0.3 is 18.5 Å². The van der Waals surface area contributed by atoms with E-state index in [1.807, 2.05) is 0 Å². The zero-order valence-corrected chi connectivity index (χ0v) is 20.8. The first-order chi connectivity index (χ1) is 19.5. The van der Waals surface area contributed by atoms with Crippen molar-refractivity contribution < 1.29 is 58.3 Å². The number of carbonyl (C=O) groups is 2. The Bertz CT molecular complexity index is 1510. The van der Waals surface area contributed by atoms with Gasteiger partial charge in [0, 0.05) is 18.3 Å². The second-order valence-corrected chi connectivity index (χ2v) is 9.04. The Hall–Kier alpha value is -4.31. The van der Waals surface area contributed by atoms with Gasteiger partial charge in [-0.1, -0.05) is 5.16 Å². The van der Waals surface area contributed by atoms with Crippen LogP contribution in [0.2, 0.25) is 0 Å². The Morgan fingerprint density at radius 2 is 1.57 bits per heavy atom. The molecule has 7 nitrogen and oxygen atoms in total. The number of alkyl halides is 10. The molecule has 42 heavy (non-hydrogen) atoms. The number of oxime groups is 1. The topological polar surface area (TPSA) is 84.2 Å². The van der Waals surface area contributed by atoms with Crippen LogP contribution in [0.4, 0.5) is 43.9 Å². The molecule has 0 spiro atoms. The van der Waals surface area contributed by atoms with Crippen molar-refractivity contribution in [2.45, 2.75) is 30.6 Å². The molecule has 0 saturated carbocycles. The van der Waals surface area contributed by atoms with Crippen LogP contribution in [0.25, 0.3) is 5.52 Å². The molecule has 226 valence electrons. The van der Waals surface area contributed by atoms with Crippen LogP contribution in [0.15, 0.2) is 53.8 Å². The number of nitrogens with one attached hydrogen (secondary N) is 2. The molecular formula is C25H18F10N4O3. The number of nitrogens with zero attached hydrogens (tertiary/aromatic N) is 2. The van der Waals surface area contributed by atoms with E-state index >= 15 is 0 Å². The first-order valence-corrected chi connectivity index (χ1v) is 11.8. The highest BCUT2D eigenvalue weighted by Crippen LogP contribution is 2.51. The summed E-state index contributed by atoms with van der Waals surface area (Å²) < 4.78 is 137. The van der Waals surface area contributed by atoms with Gasteiger partial charge in [-0.15, -0.1) is 0 Å². The summed E-state index contributed by atoms with van der Waals surface area (Å²) in [5, 5.41) is 7.90. The van der Waals surface area contributed by atoms with E-state index in [9.17, 15) is 53.5 Å². The zero-order valence-electron chi connectivity index (χ0n) is 20.8. The summed E-state index contributed by atoms with van der Waals surface area (Å²) >= 11 is 0. The second-order valence-electron chi connectivity index (χ2n) is 9.04. The zero-order chi connectivity index (χ0) is 31.1. The van der Waals surface area contributed by atoms with Gasteiger partial charge in [-0.25, -0.2) is 4.39 Å². The van der Waals surface area contributed by atoms with Gasteiger partial charge in [0.25, 0.3) is 11.5 Å². The van der Waals surface area contributed by atoms with E-state index < -0.39 is 78.0 Å². The van der Waals surface area contributed by atoms with Crippen LogP contribution >= 0.6 is 0 Å². The minimum atomic E-state index is -5.52. The third-order valence-electron chi connectivity index (χ3n) is 6.30. The molecule has 3 aromatic rings. The van der Waals surface area contributed by atoms with Gasteiger partial charge in [0.1, 0.15) is 12.4 Å². The smallest absolute Gasteiger partial charge is 0.374 e. The molecule has 0 fully saturated rings. The van der Waals surface area contributed by atoms with E-state index in [0.29, 0.717) is 0 Å². The molecule has 2 amide bonds. The molecule has 1 aliphatic rings. The van der Waals surface area contributed by atoms with Crippen molar-refractivity contribution in [3.63, 3.8) is 0 Å². The fraction of sp³-hybridized carbons (Fsp3) is 0.320. The quantitative estimate of drug-likeness (QED) is 0.352. The minimum absolute atomic E-state index is 0.0451. The molecule has 0 bridgehead atoms. The molecule has 2 N–H and O–H groups in total. The van der Waals surface area contributed by atoms with E-state index in [2.05, 4.69) is 20.6 Å². The highest BCUT2D eigenvalue weighted by atomic mass is 19.4. The van der Waals surface area contributed by atoms with E-state index in [4.69, 9.17) is 0 Å². The second kappa shape index (κ2) is 10.8. The molecular weight excluding hydrogens is 594 g/mol. The van der Waals surface area contributed by atoms with E-state index in [1.165, 1.54) is 28.8 Å². The fourth-order valence-corrected chi connectivity index (χ4v) is 4.30. The average molecular weight is 612 g/mol. The number of pyridine rings is 1. The summed E-state index contributed by atoms with van der Waals surface area (Å²) in [4.78, 5) is 29.0. The average Bonchev–Trinajstić information content (AvgIpc) is 3.57. The third kappa shape index (κ3) is 5.85. The number of hydrogen-bond donors (Lipinski definition) is 2. The van der Waals surface area contributed by atoms with Crippen LogP contribution in [-0.4, -0.2) is 47.9 Å². The summed E-state index contributed by atoms with van der Waals surface area (Å²) in [6, 6.07) is 4.67. The van der Waals surface area contributed by atoms with Gasteiger partial charge in [-0.2, -0.15) is 39.5 Å². The lowest BCUT2D eigenvalue weighted by Gasteiger charge is -2.30. The van der Waals surface area contributed by atoms with Crippen LogP contribution < -0.4 is 10.6 Å². The number of benzene rings is 1. The van der Waals surface area contributed by atoms with E-state index in [1.54, 1.807) is 0 Å². The molecule has 2 aromatic heterocycles. The number of carbonyl (C=O) groups excluding carboxylic acids is 2. The van der Waals surface area contributed by atoms with Crippen LogP contribution in [0.5, 0.6) is 0 Å². The lowest BCUT2D eigenvalue weighted by molar-refractivity contribution is -0.276. The molecule has 0 radical (unpaired) electrons.